The maximum absolute atomic E-state index is 11.4. The summed E-state index contributed by atoms with van der Waals surface area (Å²) in [6.07, 6.45) is 4.14. The molecule has 0 fully saturated rings. The van der Waals surface area contributed by atoms with Crippen molar-refractivity contribution in [2.24, 2.45) is 5.92 Å². The number of aromatic nitrogens is 1. The molecule has 3 nitrogen and oxygen atoms in total. The van der Waals surface area contributed by atoms with Gasteiger partial charge in [-0.2, -0.15) is 0 Å². The first-order chi connectivity index (χ1) is 7.09. The highest BCUT2D eigenvalue weighted by Gasteiger charge is 2.05. The van der Waals surface area contributed by atoms with Gasteiger partial charge >= 0.3 is 0 Å². The molecule has 1 aromatic heterocycles. The fourth-order valence-corrected chi connectivity index (χ4v) is 1.32. The van der Waals surface area contributed by atoms with E-state index in [1.807, 2.05) is 26.8 Å². The third-order valence-corrected chi connectivity index (χ3v) is 2.22. The highest BCUT2D eigenvalue weighted by molar-refractivity contribution is 5.76. The Kier molecular flexibility index (Phi) is 4.28. The molecule has 3 heteroatoms. The minimum absolute atomic E-state index is 0.105. The zero-order valence-electron chi connectivity index (χ0n) is 9.58. The molecule has 1 amide bonds. The monoisotopic (exact) mass is 206 g/mol. The van der Waals surface area contributed by atoms with E-state index < -0.39 is 0 Å². The van der Waals surface area contributed by atoms with Crippen LogP contribution in [0.4, 0.5) is 0 Å². The van der Waals surface area contributed by atoms with E-state index in [4.69, 9.17) is 0 Å². The zero-order chi connectivity index (χ0) is 11.3. The van der Waals surface area contributed by atoms with Crippen LogP contribution in [0.25, 0.3) is 0 Å². The van der Waals surface area contributed by atoms with Crippen LogP contribution in [0.15, 0.2) is 18.5 Å². The molecule has 0 saturated heterocycles. The van der Waals surface area contributed by atoms with Crippen molar-refractivity contribution in [1.82, 2.24) is 10.3 Å². The van der Waals surface area contributed by atoms with Crippen molar-refractivity contribution in [2.45, 2.75) is 33.7 Å². The van der Waals surface area contributed by atoms with Crippen LogP contribution in [0, 0.1) is 12.8 Å². The second-order valence-corrected chi connectivity index (χ2v) is 4.18. The van der Waals surface area contributed by atoms with Crippen molar-refractivity contribution in [3.8, 4) is 0 Å². The summed E-state index contributed by atoms with van der Waals surface area (Å²) < 4.78 is 0. The predicted molar refractivity (Wildman–Crippen MR) is 60.3 cm³/mol. The van der Waals surface area contributed by atoms with Crippen LogP contribution in [0.2, 0.25) is 0 Å². The van der Waals surface area contributed by atoms with E-state index in [9.17, 15) is 4.79 Å². The van der Waals surface area contributed by atoms with Crippen LogP contribution < -0.4 is 5.32 Å². The number of nitrogens with zero attached hydrogens (tertiary/aromatic N) is 1. The quantitative estimate of drug-likeness (QED) is 0.819. The first kappa shape index (κ1) is 11.7. The van der Waals surface area contributed by atoms with Crippen molar-refractivity contribution >= 4 is 5.91 Å². The Morgan fingerprint density at radius 3 is 2.87 bits per heavy atom. The molecule has 0 aliphatic heterocycles. The van der Waals surface area contributed by atoms with Gasteiger partial charge in [-0.3, -0.25) is 9.78 Å². The average molecular weight is 206 g/mol. The lowest BCUT2D eigenvalue weighted by Crippen LogP contribution is -2.24. The number of amides is 1. The molecule has 1 aromatic rings. The number of rotatable bonds is 4. The molecule has 1 heterocycles. The molecule has 0 saturated carbocycles. The number of nitrogens with one attached hydrogen (secondary N) is 1. The van der Waals surface area contributed by atoms with E-state index in [-0.39, 0.29) is 5.91 Å². The molecule has 1 N–H and O–H groups in total. The summed E-state index contributed by atoms with van der Waals surface area (Å²) in [7, 11) is 0. The number of hydrogen-bond donors (Lipinski definition) is 1. The Balaban J connectivity index is 2.44. The SMILES string of the molecule is Cc1ccncc1CNC(=O)CC(C)C. The highest BCUT2D eigenvalue weighted by Crippen LogP contribution is 2.05. The lowest BCUT2D eigenvalue weighted by Gasteiger charge is -2.08. The third-order valence-electron chi connectivity index (χ3n) is 2.22. The van der Waals surface area contributed by atoms with Crippen molar-refractivity contribution in [3.05, 3.63) is 29.6 Å². The standard InChI is InChI=1S/C12H18N2O/c1-9(2)6-12(15)14-8-11-7-13-5-4-10(11)3/h4-5,7,9H,6,8H2,1-3H3,(H,14,15). The van der Waals surface area contributed by atoms with E-state index in [1.54, 1.807) is 12.4 Å². The minimum atomic E-state index is 0.105. The summed E-state index contributed by atoms with van der Waals surface area (Å²) in [6, 6.07) is 1.95. The third kappa shape index (κ3) is 4.11. The van der Waals surface area contributed by atoms with Gasteiger partial charge in [0, 0.05) is 25.4 Å². The molecule has 1 rings (SSSR count). The van der Waals surface area contributed by atoms with E-state index >= 15 is 0 Å². The number of carbonyl (C=O) groups is 1. The second kappa shape index (κ2) is 5.49. The average Bonchev–Trinajstić information content (AvgIpc) is 2.15. The normalized spacial score (nSPS) is 10.4. The van der Waals surface area contributed by atoms with E-state index in [1.165, 1.54) is 0 Å². The first-order valence-electron chi connectivity index (χ1n) is 5.25. The van der Waals surface area contributed by atoms with Gasteiger partial charge in [0.1, 0.15) is 0 Å². The van der Waals surface area contributed by atoms with Gasteiger partial charge < -0.3 is 5.32 Å². The Morgan fingerprint density at radius 2 is 2.27 bits per heavy atom. The van der Waals surface area contributed by atoms with Crippen molar-refractivity contribution in [1.29, 1.82) is 0 Å². The Labute approximate surface area is 90.9 Å². The van der Waals surface area contributed by atoms with Crippen LogP contribution >= 0.6 is 0 Å². The Bertz CT molecular complexity index is 334. The first-order valence-corrected chi connectivity index (χ1v) is 5.25. The van der Waals surface area contributed by atoms with Gasteiger partial charge in [0.25, 0.3) is 0 Å². The number of hydrogen-bond acceptors (Lipinski definition) is 2. The maximum Gasteiger partial charge on any atom is 0.220 e. The predicted octanol–water partition coefficient (Wildman–Crippen LogP) is 2.05. The molecular weight excluding hydrogens is 188 g/mol. The molecule has 0 radical (unpaired) electrons. The molecule has 0 atom stereocenters. The topological polar surface area (TPSA) is 42.0 Å². The summed E-state index contributed by atoms with van der Waals surface area (Å²) >= 11 is 0. The lowest BCUT2D eigenvalue weighted by molar-refractivity contribution is -0.121. The Hall–Kier alpha value is -1.38. The van der Waals surface area contributed by atoms with Crippen molar-refractivity contribution < 1.29 is 4.79 Å². The van der Waals surface area contributed by atoms with E-state index in [0.29, 0.717) is 18.9 Å². The van der Waals surface area contributed by atoms with Gasteiger partial charge in [0.15, 0.2) is 0 Å². The second-order valence-electron chi connectivity index (χ2n) is 4.18. The van der Waals surface area contributed by atoms with Crippen LogP contribution in [0.5, 0.6) is 0 Å². The Morgan fingerprint density at radius 1 is 1.53 bits per heavy atom. The fraction of sp³-hybridized carbons (Fsp3) is 0.500. The summed E-state index contributed by atoms with van der Waals surface area (Å²) in [6.45, 7) is 6.67. The van der Waals surface area contributed by atoms with Crippen LogP contribution in [-0.4, -0.2) is 10.9 Å². The van der Waals surface area contributed by atoms with Gasteiger partial charge in [-0.1, -0.05) is 13.8 Å². The number of carbonyl (C=O) groups excluding carboxylic acids is 1. The van der Waals surface area contributed by atoms with Gasteiger partial charge in [-0.15, -0.1) is 0 Å². The van der Waals surface area contributed by atoms with Gasteiger partial charge in [-0.05, 0) is 30.0 Å². The summed E-state index contributed by atoms with van der Waals surface area (Å²) in [5.74, 6) is 0.508. The van der Waals surface area contributed by atoms with Crippen LogP contribution in [0.3, 0.4) is 0 Å². The van der Waals surface area contributed by atoms with E-state index in [0.717, 1.165) is 11.1 Å². The molecule has 0 spiro atoms. The molecule has 82 valence electrons. The summed E-state index contributed by atoms with van der Waals surface area (Å²) in [5, 5.41) is 2.89. The molecule has 15 heavy (non-hydrogen) atoms. The fourth-order valence-electron chi connectivity index (χ4n) is 1.32. The minimum Gasteiger partial charge on any atom is -0.352 e. The van der Waals surface area contributed by atoms with Crippen LogP contribution in [-0.2, 0) is 11.3 Å². The molecule has 0 bridgehead atoms. The number of pyridine rings is 1. The van der Waals surface area contributed by atoms with Crippen molar-refractivity contribution in [3.63, 3.8) is 0 Å². The zero-order valence-corrected chi connectivity index (χ0v) is 9.58. The van der Waals surface area contributed by atoms with Gasteiger partial charge in [0.2, 0.25) is 5.91 Å². The molecule has 0 unspecified atom stereocenters. The molecule has 0 aliphatic carbocycles. The highest BCUT2D eigenvalue weighted by atomic mass is 16.1. The lowest BCUT2D eigenvalue weighted by atomic mass is 10.1. The molecular formula is C12H18N2O. The van der Waals surface area contributed by atoms with Gasteiger partial charge in [-0.25, -0.2) is 0 Å². The summed E-state index contributed by atoms with van der Waals surface area (Å²) in [5.41, 5.74) is 2.24. The summed E-state index contributed by atoms with van der Waals surface area (Å²) in [4.78, 5) is 15.4. The van der Waals surface area contributed by atoms with Gasteiger partial charge in [0.05, 0.1) is 0 Å². The number of aryl methyl sites for hydroxylation is 1. The van der Waals surface area contributed by atoms with E-state index in [2.05, 4.69) is 10.3 Å². The molecule has 0 aromatic carbocycles. The largest absolute Gasteiger partial charge is 0.352 e. The van der Waals surface area contributed by atoms with Crippen LogP contribution in [0.1, 0.15) is 31.4 Å². The van der Waals surface area contributed by atoms with Crippen molar-refractivity contribution in [2.75, 3.05) is 0 Å². The maximum atomic E-state index is 11.4. The smallest absolute Gasteiger partial charge is 0.220 e. The molecule has 0 aliphatic rings.